The Labute approximate surface area is 166 Å². The lowest BCUT2D eigenvalue weighted by Crippen LogP contribution is -2.31. The molecule has 0 N–H and O–H groups in total. The number of amides is 2. The van der Waals surface area contributed by atoms with Crippen molar-refractivity contribution >= 4 is 17.8 Å². The molecule has 7 heteroatoms. The zero-order valence-corrected chi connectivity index (χ0v) is 15.5. The van der Waals surface area contributed by atoms with Crippen molar-refractivity contribution in [3.8, 4) is 11.3 Å². The molecule has 146 valence electrons. The fourth-order valence-corrected chi connectivity index (χ4v) is 3.17. The molecule has 2 heterocycles. The van der Waals surface area contributed by atoms with E-state index in [1.54, 1.807) is 30.3 Å². The summed E-state index contributed by atoms with van der Waals surface area (Å²) in [6, 6.07) is 17.9. The molecule has 1 aliphatic rings. The zero-order chi connectivity index (χ0) is 20.2. The molecule has 2 amide bonds. The molecule has 0 radical (unpaired) electrons. The molecule has 0 bridgehead atoms. The van der Waals surface area contributed by atoms with E-state index in [0.717, 1.165) is 5.56 Å². The first-order valence-electron chi connectivity index (χ1n) is 9.25. The second-order valence-electron chi connectivity index (χ2n) is 6.62. The third kappa shape index (κ3) is 3.94. The van der Waals surface area contributed by atoms with Crippen LogP contribution in [0.25, 0.3) is 11.3 Å². The first-order chi connectivity index (χ1) is 14.1. The number of carbonyl (C=O) groups excluding carboxylic acids is 3. The van der Waals surface area contributed by atoms with Crippen molar-refractivity contribution < 1.29 is 23.6 Å². The molecular weight excluding hydrogens is 372 g/mol. The Bertz CT molecular complexity index is 1020. The summed E-state index contributed by atoms with van der Waals surface area (Å²) in [6.07, 6.45) is 0.426. The molecule has 1 aromatic heterocycles. The molecule has 0 atom stereocenters. The number of hydrogen-bond acceptors (Lipinski definition) is 6. The normalized spacial score (nSPS) is 12.9. The van der Waals surface area contributed by atoms with Gasteiger partial charge in [0.1, 0.15) is 12.3 Å². The quantitative estimate of drug-likeness (QED) is 0.453. The lowest BCUT2D eigenvalue weighted by molar-refractivity contribution is -0.145. The molecular formula is C22H18N2O5. The number of imide groups is 1. The number of carbonyl (C=O) groups is 3. The van der Waals surface area contributed by atoms with Gasteiger partial charge < -0.3 is 9.26 Å². The number of hydrogen-bond donors (Lipinski definition) is 0. The summed E-state index contributed by atoms with van der Waals surface area (Å²) >= 11 is 0. The van der Waals surface area contributed by atoms with E-state index in [1.807, 2.05) is 30.3 Å². The van der Waals surface area contributed by atoms with Gasteiger partial charge in [0, 0.05) is 24.6 Å². The smallest absolute Gasteiger partial charge is 0.306 e. The minimum absolute atomic E-state index is 0.00217. The Balaban J connectivity index is 1.24. The number of ether oxygens (including phenoxy) is 1. The maximum absolute atomic E-state index is 12.3. The van der Waals surface area contributed by atoms with Gasteiger partial charge in [-0.2, -0.15) is 0 Å². The monoisotopic (exact) mass is 390 g/mol. The maximum atomic E-state index is 12.3. The van der Waals surface area contributed by atoms with Crippen LogP contribution in [0.3, 0.4) is 0 Å². The Morgan fingerprint density at radius 1 is 0.966 bits per heavy atom. The van der Waals surface area contributed by atoms with E-state index >= 15 is 0 Å². The van der Waals surface area contributed by atoms with Crippen LogP contribution in [0.5, 0.6) is 0 Å². The van der Waals surface area contributed by atoms with E-state index in [-0.39, 0.29) is 31.4 Å². The first kappa shape index (κ1) is 18.6. The second kappa shape index (κ2) is 8.10. The van der Waals surface area contributed by atoms with Gasteiger partial charge >= 0.3 is 5.97 Å². The molecule has 1 aliphatic heterocycles. The largest absolute Gasteiger partial charge is 0.459 e. The summed E-state index contributed by atoms with van der Waals surface area (Å²) in [7, 11) is 0. The van der Waals surface area contributed by atoms with Crippen LogP contribution in [0.2, 0.25) is 0 Å². The minimum Gasteiger partial charge on any atom is -0.459 e. The Morgan fingerprint density at radius 2 is 1.62 bits per heavy atom. The van der Waals surface area contributed by atoms with Crippen LogP contribution in [0.1, 0.15) is 39.3 Å². The maximum Gasteiger partial charge on any atom is 0.306 e. The predicted octanol–water partition coefficient (Wildman–Crippen LogP) is 3.46. The summed E-state index contributed by atoms with van der Waals surface area (Å²) in [6.45, 7) is 0.172. The van der Waals surface area contributed by atoms with Crippen molar-refractivity contribution in [1.82, 2.24) is 10.1 Å². The molecule has 29 heavy (non-hydrogen) atoms. The van der Waals surface area contributed by atoms with Crippen molar-refractivity contribution in [3.05, 3.63) is 77.5 Å². The number of rotatable bonds is 7. The fraction of sp³-hybridized carbons (Fsp3) is 0.182. The molecule has 0 unspecified atom stereocenters. The lowest BCUT2D eigenvalue weighted by atomic mass is 10.1. The van der Waals surface area contributed by atoms with Gasteiger partial charge in [-0.3, -0.25) is 19.3 Å². The number of fused-ring (bicyclic) bond motifs is 1. The number of esters is 1. The molecule has 7 nitrogen and oxygen atoms in total. The Kier molecular flexibility index (Phi) is 5.20. The molecule has 0 aliphatic carbocycles. The van der Waals surface area contributed by atoms with Crippen LogP contribution < -0.4 is 0 Å². The summed E-state index contributed by atoms with van der Waals surface area (Å²) in [5.74, 6) is -0.474. The van der Waals surface area contributed by atoms with Gasteiger partial charge in [-0.25, -0.2) is 0 Å². The van der Waals surface area contributed by atoms with E-state index in [9.17, 15) is 14.4 Å². The summed E-state index contributed by atoms with van der Waals surface area (Å²) in [5, 5.41) is 3.90. The second-order valence-corrected chi connectivity index (χ2v) is 6.62. The third-order valence-electron chi connectivity index (χ3n) is 4.64. The van der Waals surface area contributed by atoms with E-state index in [2.05, 4.69) is 5.16 Å². The van der Waals surface area contributed by atoms with Gasteiger partial charge in [-0.1, -0.05) is 47.6 Å². The number of benzene rings is 2. The van der Waals surface area contributed by atoms with Gasteiger partial charge in [0.2, 0.25) is 0 Å². The predicted molar refractivity (Wildman–Crippen MR) is 103 cm³/mol. The van der Waals surface area contributed by atoms with E-state index in [4.69, 9.17) is 9.26 Å². The van der Waals surface area contributed by atoms with Crippen molar-refractivity contribution in [1.29, 1.82) is 0 Å². The van der Waals surface area contributed by atoms with Gasteiger partial charge in [0.25, 0.3) is 11.8 Å². The van der Waals surface area contributed by atoms with Crippen LogP contribution in [-0.4, -0.2) is 34.4 Å². The van der Waals surface area contributed by atoms with Crippen LogP contribution in [0, 0.1) is 0 Å². The van der Waals surface area contributed by atoms with Crippen LogP contribution in [0.4, 0.5) is 0 Å². The third-order valence-corrected chi connectivity index (χ3v) is 4.64. The van der Waals surface area contributed by atoms with E-state index < -0.39 is 5.97 Å². The van der Waals surface area contributed by atoms with Gasteiger partial charge in [-0.15, -0.1) is 0 Å². The fourth-order valence-electron chi connectivity index (χ4n) is 3.17. The average Bonchev–Trinajstić information content (AvgIpc) is 3.32. The Hall–Kier alpha value is -3.74. The molecule has 0 saturated carbocycles. The number of aromatic nitrogens is 1. The highest BCUT2D eigenvalue weighted by Gasteiger charge is 2.34. The standard InChI is InChI=1S/C22H18N2O5/c25-20(28-14-16-13-19(29-23-16)15-7-2-1-3-8-15)11-6-12-24-21(26)17-9-4-5-10-18(17)22(24)27/h1-5,7-10,13H,6,11-12,14H2. The molecule has 4 rings (SSSR count). The summed E-state index contributed by atoms with van der Waals surface area (Å²) in [4.78, 5) is 37.7. The van der Waals surface area contributed by atoms with E-state index in [0.29, 0.717) is 29.0 Å². The Morgan fingerprint density at radius 3 is 2.31 bits per heavy atom. The first-order valence-corrected chi connectivity index (χ1v) is 9.25. The van der Waals surface area contributed by atoms with Gasteiger partial charge in [0.05, 0.1) is 11.1 Å². The highest BCUT2D eigenvalue weighted by Crippen LogP contribution is 2.23. The summed E-state index contributed by atoms with van der Waals surface area (Å²) < 4.78 is 10.5. The van der Waals surface area contributed by atoms with Crippen LogP contribution in [0.15, 0.2) is 65.2 Å². The number of nitrogens with zero attached hydrogens (tertiary/aromatic N) is 2. The molecule has 0 fully saturated rings. The molecule has 3 aromatic rings. The topological polar surface area (TPSA) is 89.7 Å². The van der Waals surface area contributed by atoms with Crippen molar-refractivity contribution in [3.63, 3.8) is 0 Å². The van der Waals surface area contributed by atoms with E-state index in [1.165, 1.54) is 4.90 Å². The van der Waals surface area contributed by atoms with Crippen LogP contribution in [-0.2, 0) is 16.1 Å². The average molecular weight is 390 g/mol. The minimum atomic E-state index is -0.425. The molecule has 2 aromatic carbocycles. The highest BCUT2D eigenvalue weighted by molar-refractivity contribution is 6.21. The SMILES string of the molecule is O=C(CCCN1C(=O)c2ccccc2C1=O)OCc1cc(-c2ccccc2)on1. The van der Waals surface area contributed by atoms with Crippen molar-refractivity contribution in [2.45, 2.75) is 19.4 Å². The lowest BCUT2D eigenvalue weighted by Gasteiger charge is -2.13. The van der Waals surface area contributed by atoms with Gasteiger partial charge in [0.15, 0.2) is 5.76 Å². The summed E-state index contributed by atoms with van der Waals surface area (Å²) in [5.41, 5.74) is 2.21. The molecule has 0 spiro atoms. The zero-order valence-electron chi connectivity index (χ0n) is 15.5. The van der Waals surface area contributed by atoms with Gasteiger partial charge in [-0.05, 0) is 18.6 Å². The molecule has 0 saturated heterocycles. The van der Waals surface area contributed by atoms with Crippen molar-refractivity contribution in [2.75, 3.05) is 6.54 Å². The van der Waals surface area contributed by atoms with Crippen LogP contribution >= 0.6 is 0 Å². The highest BCUT2D eigenvalue weighted by atomic mass is 16.5. The van der Waals surface area contributed by atoms with Crippen molar-refractivity contribution in [2.24, 2.45) is 0 Å².